The van der Waals surface area contributed by atoms with Crippen LogP contribution >= 0.6 is 23.5 Å². The molecule has 0 aliphatic heterocycles. The predicted molar refractivity (Wildman–Crippen MR) is 210 cm³/mol. The number of anilines is 1. The van der Waals surface area contributed by atoms with Gasteiger partial charge in [-0.3, -0.25) is 9.72 Å². The number of carbonyl (C=O) groups is 1. The molecule has 0 spiro atoms. The lowest BCUT2D eigenvalue weighted by Gasteiger charge is -2.18. The third-order valence-electron chi connectivity index (χ3n) is 8.81. The fourth-order valence-electron chi connectivity index (χ4n) is 5.64. The molecule has 11 heteroatoms. The number of rotatable bonds is 12. The first-order valence-electron chi connectivity index (χ1n) is 16.9. The largest absolute Gasteiger partial charge is 0.489 e. The number of nitrogens with zero attached hydrogens (tertiary/aromatic N) is 5. The van der Waals surface area contributed by atoms with Gasteiger partial charge in [-0.05, 0) is 86.2 Å². The maximum Gasteiger partial charge on any atom is 0.320 e. The van der Waals surface area contributed by atoms with Crippen molar-refractivity contribution in [3.05, 3.63) is 150 Å². The molecule has 0 bridgehead atoms. The van der Waals surface area contributed by atoms with Crippen LogP contribution in [0, 0.1) is 6.92 Å². The Morgan fingerprint density at radius 2 is 1.62 bits per heavy atom. The molecular formula is C41H39N7O2S2. The Bertz CT molecular complexity index is 2320. The number of amides is 2. The van der Waals surface area contributed by atoms with E-state index in [9.17, 15) is 4.79 Å². The molecule has 0 unspecified atom stereocenters. The molecule has 262 valence electrons. The summed E-state index contributed by atoms with van der Waals surface area (Å²) in [4.78, 5) is 15.5. The van der Waals surface area contributed by atoms with Crippen molar-refractivity contribution in [3.63, 3.8) is 0 Å². The van der Waals surface area contributed by atoms with Gasteiger partial charge in [0, 0.05) is 34.2 Å². The zero-order valence-corrected chi connectivity index (χ0v) is 31.0. The number of pyridine rings is 1. The van der Waals surface area contributed by atoms with Crippen LogP contribution in [0.3, 0.4) is 0 Å². The molecule has 0 radical (unpaired) electrons. The van der Waals surface area contributed by atoms with Crippen LogP contribution in [0.5, 0.6) is 5.75 Å². The van der Waals surface area contributed by atoms with Gasteiger partial charge < -0.3 is 10.1 Å². The fraction of sp³-hybridized carbons (Fsp3) is 0.171. The minimum absolute atomic E-state index is 0.260. The molecule has 3 aromatic heterocycles. The van der Waals surface area contributed by atoms with Gasteiger partial charge in [0.2, 0.25) is 0 Å². The highest BCUT2D eigenvalue weighted by molar-refractivity contribution is 7.99. The first-order valence-corrected chi connectivity index (χ1v) is 19.0. The second-order valence-corrected chi connectivity index (χ2v) is 15.3. The average Bonchev–Trinajstić information content (AvgIpc) is 3.79. The maximum atomic E-state index is 13.4. The third kappa shape index (κ3) is 7.85. The molecule has 2 N–H and O–H groups in total. The van der Waals surface area contributed by atoms with Crippen LogP contribution in [0.25, 0.3) is 22.7 Å². The lowest BCUT2D eigenvalue weighted by molar-refractivity contribution is 0.251. The summed E-state index contributed by atoms with van der Waals surface area (Å²) in [5.41, 5.74) is 6.73. The molecule has 0 saturated carbocycles. The van der Waals surface area contributed by atoms with E-state index in [-0.39, 0.29) is 10.8 Å². The van der Waals surface area contributed by atoms with E-state index in [4.69, 9.17) is 9.84 Å². The molecule has 0 aliphatic rings. The zero-order valence-electron chi connectivity index (χ0n) is 29.4. The molecule has 2 amide bonds. The number of ether oxygens (including phenoxy) is 1. The summed E-state index contributed by atoms with van der Waals surface area (Å²) in [7, 11) is 0. The maximum absolute atomic E-state index is 13.4. The molecule has 7 rings (SSSR count). The normalized spacial score (nSPS) is 11.5. The first kappa shape index (κ1) is 34.9. The monoisotopic (exact) mass is 725 g/mol. The molecule has 0 saturated heterocycles. The lowest BCUT2D eigenvalue weighted by Crippen LogP contribution is -2.29. The third-order valence-corrected chi connectivity index (χ3v) is 11.1. The van der Waals surface area contributed by atoms with Gasteiger partial charge in [0.1, 0.15) is 18.2 Å². The van der Waals surface area contributed by atoms with Crippen LogP contribution in [0.1, 0.15) is 36.2 Å². The van der Waals surface area contributed by atoms with Crippen molar-refractivity contribution in [2.75, 3.05) is 11.6 Å². The number of aryl methyl sites for hydroxylation is 1. The van der Waals surface area contributed by atoms with Gasteiger partial charge in [-0.15, -0.1) is 10.2 Å². The van der Waals surface area contributed by atoms with E-state index in [1.165, 1.54) is 0 Å². The Hall–Kier alpha value is -5.52. The Kier molecular flexibility index (Phi) is 10.3. The molecular weight excluding hydrogens is 687 g/mol. The van der Waals surface area contributed by atoms with Crippen molar-refractivity contribution < 1.29 is 9.53 Å². The van der Waals surface area contributed by atoms with Gasteiger partial charge in [-0.25, -0.2) is 9.48 Å². The van der Waals surface area contributed by atoms with Crippen LogP contribution in [-0.2, 0) is 17.9 Å². The number of hydrogen-bond donors (Lipinski definition) is 2. The summed E-state index contributed by atoms with van der Waals surface area (Å²) in [5.74, 6) is 2.13. The Balaban J connectivity index is 1.06. The van der Waals surface area contributed by atoms with Crippen molar-refractivity contribution in [3.8, 4) is 22.8 Å². The summed E-state index contributed by atoms with van der Waals surface area (Å²) in [5, 5.41) is 19.9. The second-order valence-electron chi connectivity index (χ2n) is 12.8. The van der Waals surface area contributed by atoms with Gasteiger partial charge >= 0.3 is 6.03 Å². The highest BCUT2D eigenvalue weighted by Crippen LogP contribution is 2.35. The molecule has 4 aromatic carbocycles. The standard InChI is InChI=1S/C41H39N7O2S2/c1-28-12-8-10-16-34(28)39-45-44-37-23-22-33(26-47(37)39)52-35-17-11-9-15-30(35)25-42-40(49)43-38-24-36(41(2,3)51-4)46-48(38)31-18-20-32(21-19-31)50-27-29-13-6-5-7-14-29/h5-24,26H,25,27H2,1-4H3,(H2,42,43,49). The van der Waals surface area contributed by atoms with Gasteiger partial charge in [0.15, 0.2) is 11.5 Å². The highest BCUT2D eigenvalue weighted by atomic mass is 32.2. The van der Waals surface area contributed by atoms with Crippen molar-refractivity contribution in [2.24, 2.45) is 0 Å². The van der Waals surface area contributed by atoms with E-state index in [0.29, 0.717) is 19.0 Å². The SMILES string of the molecule is CSC(C)(C)c1cc(NC(=O)NCc2ccccc2Sc2ccc3nnc(-c4ccccc4C)n3c2)n(-c2ccc(OCc3ccccc3)cc2)n1. The van der Waals surface area contributed by atoms with Crippen LogP contribution in [0.2, 0.25) is 0 Å². The average molecular weight is 726 g/mol. The Labute approximate surface area is 311 Å². The Morgan fingerprint density at radius 1 is 0.865 bits per heavy atom. The van der Waals surface area contributed by atoms with Gasteiger partial charge in [0.05, 0.1) is 16.1 Å². The quantitative estimate of drug-likeness (QED) is 0.130. The van der Waals surface area contributed by atoms with Crippen LogP contribution in [0.4, 0.5) is 10.6 Å². The van der Waals surface area contributed by atoms with Gasteiger partial charge in [-0.2, -0.15) is 16.9 Å². The minimum atomic E-state index is -0.328. The molecule has 3 heterocycles. The van der Waals surface area contributed by atoms with Crippen molar-refractivity contribution in [1.82, 2.24) is 29.7 Å². The van der Waals surface area contributed by atoms with Crippen LogP contribution in [-0.4, -0.2) is 36.7 Å². The lowest BCUT2D eigenvalue weighted by atomic mass is 10.1. The number of carbonyl (C=O) groups excluding carboxylic acids is 1. The van der Waals surface area contributed by atoms with Crippen LogP contribution in [0.15, 0.2) is 137 Å². The number of benzene rings is 4. The number of nitrogens with one attached hydrogen (secondary N) is 2. The summed E-state index contributed by atoms with van der Waals surface area (Å²) in [6, 6.07) is 39.7. The van der Waals surface area contributed by atoms with Gasteiger partial charge in [-0.1, -0.05) is 84.6 Å². The molecule has 7 aromatic rings. The van der Waals surface area contributed by atoms with E-state index < -0.39 is 0 Å². The number of aromatic nitrogens is 5. The topological polar surface area (TPSA) is 98.4 Å². The highest BCUT2D eigenvalue weighted by Gasteiger charge is 2.25. The smallest absolute Gasteiger partial charge is 0.320 e. The summed E-state index contributed by atoms with van der Waals surface area (Å²) in [6.45, 7) is 7.13. The minimum Gasteiger partial charge on any atom is -0.489 e. The molecule has 52 heavy (non-hydrogen) atoms. The molecule has 9 nitrogen and oxygen atoms in total. The number of fused-ring (bicyclic) bond motifs is 1. The van der Waals surface area contributed by atoms with Crippen LogP contribution < -0.4 is 15.4 Å². The van der Waals surface area contributed by atoms with Crippen molar-refractivity contribution >= 4 is 41.0 Å². The number of hydrogen-bond acceptors (Lipinski definition) is 7. The predicted octanol–water partition coefficient (Wildman–Crippen LogP) is 9.54. The van der Waals surface area contributed by atoms with Crippen molar-refractivity contribution in [1.29, 1.82) is 0 Å². The van der Waals surface area contributed by atoms with E-state index in [1.54, 1.807) is 28.2 Å². The fourth-order valence-corrected chi connectivity index (χ4v) is 6.92. The van der Waals surface area contributed by atoms with Gasteiger partial charge in [0.25, 0.3) is 0 Å². The number of thioether (sulfide) groups is 1. The summed E-state index contributed by atoms with van der Waals surface area (Å²) < 4.78 is 9.53. The Morgan fingerprint density at radius 3 is 2.40 bits per heavy atom. The molecule has 0 fully saturated rings. The zero-order chi connectivity index (χ0) is 36.1. The molecule has 0 atom stereocenters. The van der Waals surface area contributed by atoms with E-state index in [0.717, 1.165) is 60.6 Å². The summed E-state index contributed by atoms with van der Waals surface area (Å²) in [6.07, 6.45) is 4.12. The number of urea groups is 1. The second kappa shape index (κ2) is 15.4. The van der Waals surface area contributed by atoms with E-state index in [1.807, 2.05) is 108 Å². The van der Waals surface area contributed by atoms with Crippen molar-refractivity contribution in [2.45, 2.75) is 48.5 Å². The van der Waals surface area contributed by atoms with E-state index in [2.05, 4.69) is 72.3 Å². The first-order chi connectivity index (χ1) is 25.3. The van der Waals surface area contributed by atoms with E-state index >= 15 is 0 Å². The summed E-state index contributed by atoms with van der Waals surface area (Å²) >= 11 is 3.33. The molecule has 0 aliphatic carbocycles.